The third-order valence-electron chi connectivity index (χ3n) is 3.02. The molecule has 0 saturated heterocycles. The van der Waals surface area contributed by atoms with E-state index >= 15 is 0 Å². The molecule has 0 aliphatic rings. The molecule has 110 valence electrons. The van der Waals surface area contributed by atoms with E-state index < -0.39 is 0 Å². The lowest BCUT2D eigenvalue weighted by Crippen LogP contribution is -2.20. The molecule has 0 unspecified atom stereocenters. The highest BCUT2D eigenvalue weighted by molar-refractivity contribution is 9.10. The van der Waals surface area contributed by atoms with Gasteiger partial charge in [-0.1, -0.05) is 18.2 Å². The molecule has 0 saturated carbocycles. The number of anilines is 1. The van der Waals surface area contributed by atoms with Gasteiger partial charge >= 0.3 is 0 Å². The molecular formula is C17H18BrNO2. The lowest BCUT2D eigenvalue weighted by molar-refractivity contribution is -0.118. The molecule has 1 N–H and O–H groups in total. The highest BCUT2D eigenvalue weighted by Gasteiger charge is 2.09. The number of carbonyl (C=O) groups is 1. The number of carbonyl (C=O) groups excluding carboxylic acids is 1. The van der Waals surface area contributed by atoms with Crippen molar-refractivity contribution < 1.29 is 9.53 Å². The SMILES string of the molecule is Cc1cccc(NC(=O)COc2c(C)cc(C)cc2Br)c1. The molecule has 21 heavy (non-hydrogen) atoms. The van der Waals surface area contributed by atoms with Crippen molar-refractivity contribution in [3.05, 3.63) is 57.6 Å². The summed E-state index contributed by atoms with van der Waals surface area (Å²) in [7, 11) is 0. The van der Waals surface area contributed by atoms with Crippen LogP contribution in [-0.2, 0) is 4.79 Å². The summed E-state index contributed by atoms with van der Waals surface area (Å²) in [5.74, 6) is 0.535. The Bertz CT molecular complexity index is 645. The number of hydrogen-bond acceptors (Lipinski definition) is 2. The van der Waals surface area contributed by atoms with Gasteiger partial charge in [-0.25, -0.2) is 0 Å². The smallest absolute Gasteiger partial charge is 0.262 e. The average Bonchev–Trinajstić information content (AvgIpc) is 2.37. The third-order valence-corrected chi connectivity index (χ3v) is 3.61. The van der Waals surface area contributed by atoms with Crippen LogP contribution in [0.2, 0.25) is 0 Å². The predicted octanol–water partition coefficient (Wildman–Crippen LogP) is 4.39. The molecule has 0 atom stereocenters. The Morgan fingerprint density at radius 1 is 1.14 bits per heavy atom. The Balaban J connectivity index is 1.99. The fourth-order valence-corrected chi connectivity index (χ4v) is 2.93. The highest BCUT2D eigenvalue weighted by Crippen LogP contribution is 2.30. The maximum Gasteiger partial charge on any atom is 0.262 e. The lowest BCUT2D eigenvalue weighted by atomic mass is 10.1. The summed E-state index contributed by atoms with van der Waals surface area (Å²) in [5.41, 5.74) is 4.04. The first-order valence-electron chi connectivity index (χ1n) is 6.72. The predicted molar refractivity (Wildman–Crippen MR) is 88.9 cm³/mol. The van der Waals surface area contributed by atoms with E-state index in [-0.39, 0.29) is 12.5 Å². The molecule has 0 aliphatic carbocycles. The minimum absolute atomic E-state index is 0.0174. The van der Waals surface area contributed by atoms with Gasteiger partial charge in [0, 0.05) is 5.69 Å². The Labute approximate surface area is 133 Å². The van der Waals surface area contributed by atoms with E-state index in [9.17, 15) is 4.79 Å². The minimum atomic E-state index is -0.174. The van der Waals surface area contributed by atoms with Gasteiger partial charge in [-0.2, -0.15) is 0 Å². The summed E-state index contributed by atoms with van der Waals surface area (Å²) >= 11 is 3.47. The second kappa shape index (κ2) is 6.76. The van der Waals surface area contributed by atoms with Crippen molar-refractivity contribution in [2.75, 3.05) is 11.9 Å². The van der Waals surface area contributed by atoms with Gasteiger partial charge < -0.3 is 10.1 Å². The topological polar surface area (TPSA) is 38.3 Å². The number of aryl methyl sites for hydroxylation is 3. The van der Waals surface area contributed by atoms with Gasteiger partial charge in [0.2, 0.25) is 0 Å². The van der Waals surface area contributed by atoms with Gasteiger partial charge in [0.05, 0.1) is 4.47 Å². The van der Waals surface area contributed by atoms with E-state index in [1.165, 1.54) is 0 Å². The average molecular weight is 348 g/mol. The van der Waals surface area contributed by atoms with E-state index in [0.717, 1.165) is 26.9 Å². The maximum atomic E-state index is 11.9. The van der Waals surface area contributed by atoms with Crippen LogP contribution in [0, 0.1) is 20.8 Å². The molecule has 0 heterocycles. The summed E-state index contributed by atoms with van der Waals surface area (Å²) in [6.07, 6.45) is 0. The van der Waals surface area contributed by atoms with Gasteiger partial charge in [0.25, 0.3) is 5.91 Å². The summed E-state index contributed by atoms with van der Waals surface area (Å²) < 4.78 is 6.49. The number of hydrogen-bond donors (Lipinski definition) is 1. The number of ether oxygens (including phenoxy) is 1. The molecule has 2 aromatic carbocycles. The summed E-state index contributed by atoms with van der Waals surface area (Å²) in [6, 6.07) is 11.7. The Morgan fingerprint density at radius 3 is 2.57 bits per heavy atom. The van der Waals surface area contributed by atoms with Crippen molar-refractivity contribution >= 4 is 27.5 Å². The zero-order valence-corrected chi connectivity index (χ0v) is 14.0. The first-order valence-corrected chi connectivity index (χ1v) is 7.51. The van der Waals surface area contributed by atoms with Gasteiger partial charge in [0.1, 0.15) is 5.75 Å². The monoisotopic (exact) mass is 347 g/mol. The number of nitrogens with one attached hydrogen (secondary N) is 1. The molecule has 0 aliphatic heterocycles. The van der Waals surface area contributed by atoms with Crippen molar-refractivity contribution in [2.24, 2.45) is 0 Å². The van der Waals surface area contributed by atoms with Crippen LogP contribution in [0.25, 0.3) is 0 Å². The largest absolute Gasteiger partial charge is 0.482 e. The van der Waals surface area contributed by atoms with Crippen LogP contribution in [0.15, 0.2) is 40.9 Å². The molecule has 2 rings (SSSR count). The number of rotatable bonds is 4. The van der Waals surface area contributed by atoms with E-state index in [4.69, 9.17) is 4.74 Å². The first-order chi connectivity index (χ1) is 9.95. The van der Waals surface area contributed by atoms with Crippen LogP contribution in [-0.4, -0.2) is 12.5 Å². The molecule has 0 aromatic heterocycles. The van der Waals surface area contributed by atoms with E-state index in [1.807, 2.05) is 57.2 Å². The van der Waals surface area contributed by atoms with Crippen LogP contribution < -0.4 is 10.1 Å². The van der Waals surface area contributed by atoms with Crippen molar-refractivity contribution in [1.29, 1.82) is 0 Å². The Morgan fingerprint density at radius 2 is 1.90 bits per heavy atom. The van der Waals surface area contributed by atoms with Crippen LogP contribution in [0.4, 0.5) is 5.69 Å². The second-order valence-corrected chi connectivity index (χ2v) is 5.95. The summed E-state index contributed by atoms with van der Waals surface area (Å²) in [4.78, 5) is 11.9. The Hall–Kier alpha value is -1.81. The maximum absolute atomic E-state index is 11.9. The fraction of sp³-hybridized carbons (Fsp3) is 0.235. The van der Waals surface area contributed by atoms with Crippen LogP contribution in [0.3, 0.4) is 0 Å². The van der Waals surface area contributed by atoms with E-state index in [2.05, 4.69) is 21.2 Å². The molecule has 0 bridgehead atoms. The second-order valence-electron chi connectivity index (χ2n) is 5.10. The normalized spacial score (nSPS) is 10.3. The zero-order chi connectivity index (χ0) is 15.4. The molecular weight excluding hydrogens is 330 g/mol. The van der Waals surface area contributed by atoms with Gasteiger partial charge in [-0.3, -0.25) is 4.79 Å². The van der Waals surface area contributed by atoms with Crippen molar-refractivity contribution in [3.63, 3.8) is 0 Å². The van der Waals surface area contributed by atoms with Crippen molar-refractivity contribution in [3.8, 4) is 5.75 Å². The molecule has 0 spiro atoms. The van der Waals surface area contributed by atoms with E-state index in [1.54, 1.807) is 0 Å². The van der Waals surface area contributed by atoms with Crippen molar-refractivity contribution in [1.82, 2.24) is 0 Å². The molecule has 0 radical (unpaired) electrons. The van der Waals surface area contributed by atoms with Crippen LogP contribution in [0.1, 0.15) is 16.7 Å². The standard InChI is InChI=1S/C17H18BrNO2/c1-11-5-4-6-14(8-11)19-16(20)10-21-17-13(3)7-12(2)9-15(17)18/h4-9H,10H2,1-3H3,(H,19,20). The fourth-order valence-electron chi connectivity index (χ4n) is 2.14. The van der Waals surface area contributed by atoms with Gasteiger partial charge in [0.15, 0.2) is 6.61 Å². The van der Waals surface area contributed by atoms with Crippen LogP contribution in [0.5, 0.6) is 5.75 Å². The number of benzene rings is 2. The minimum Gasteiger partial charge on any atom is -0.482 e. The zero-order valence-electron chi connectivity index (χ0n) is 12.4. The van der Waals surface area contributed by atoms with Crippen molar-refractivity contribution in [2.45, 2.75) is 20.8 Å². The summed E-state index contributed by atoms with van der Waals surface area (Å²) in [5, 5.41) is 2.82. The number of halogens is 1. The van der Waals surface area contributed by atoms with Crippen LogP contribution >= 0.6 is 15.9 Å². The van der Waals surface area contributed by atoms with Gasteiger partial charge in [-0.05, 0) is 71.6 Å². The Kier molecular flexibility index (Phi) is 5.02. The summed E-state index contributed by atoms with van der Waals surface area (Å²) in [6.45, 7) is 5.95. The molecule has 3 nitrogen and oxygen atoms in total. The van der Waals surface area contributed by atoms with Gasteiger partial charge in [-0.15, -0.1) is 0 Å². The highest BCUT2D eigenvalue weighted by atomic mass is 79.9. The molecule has 2 aromatic rings. The number of amides is 1. The third kappa shape index (κ3) is 4.33. The first kappa shape index (κ1) is 15.6. The lowest BCUT2D eigenvalue weighted by Gasteiger charge is -2.12. The molecule has 4 heteroatoms. The molecule has 0 fully saturated rings. The quantitative estimate of drug-likeness (QED) is 0.890. The van der Waals surface area contributed by atoms with E-state index in [0.29, 0.717) is 5.75 Å². The molecule has 1 amide bonds.